The third kappa shape index (κ3) is 5.56. The van der Waals surface area contributed by atoms with Crippen molar-refractivity contribution in [1.82, 2.24) is 30.2 Å². The number of aryl methyl sites for hydroxylation is 2. The molecule has 6 nitrogen and oxygen atoms in total. The molecule has 0 saturated carbocycles. The maximum atomic E-state index is 6.14. The van der Waals surface area contributed by atoms with E-state index >= 15 is 0 Å². The van der Waals surface area contributed by atoms with E-state index in [9.17, 15) is 0 Å². The first-order valence-electron chi connectivity index (χ1n) is 11.8. The molecule has 3 aromatic carbocycles. The van der Waals surface area contributed by atoms with Crippen molar-refractivity contribution in [2.75, 3.05) is 0 Å². The Morgan fingerprint density at radius 2 is 1.76 bits per heavy atom. The third-order valence-corrected chi connectivity index (χ3v) is 6.54. The van der Waals surface area contributed by atoms with Crippen LogP contribution in [0.25, 0.3) is 34.0 Å². The highest BCUT2D eigenvalue weighted by Gasteiger charge is 2.09. The van der Waals surface area contributed by atoms with Crippen molar-refractivity contribution < 1.29 is 0 Å². The maximum absolute atomic E-state index is 6.14. The van der Waals surface area contributed by atoms with Crippen LogP contribution in [-0.4, -0.2) is 30.2 Å². The molecular formula is C29H24Cl2N6. The monoisotopic (exact) mass is 526 g/mol. The second-order valence-corrected chi connectivity index (χ2v) is 9.21. The zero-order valence-corrected chi connectivity index (χ0v) is 21.5. The van der Waals surface area contributed by atoms with E-state index < -0.39 is 0 Å². The van der Waals surface area contributed by atoms with Gasteiger partial charge in [-0.1, -0.05) is 71.4 Å². The van der Waals surface area contributed by atoms with Crippen molar-refractivity contribution in [2.45, 2.75) is 19.4 Å². The van der Waals surface area contributed by atoms with Crippen LogP contribution in [0.1, 0.15) is 28.2 Å². The fourth-order valence-corrected chi connectivity index (χ4v) is 4.75. The Kier molecular flexibility index (Phi) is 7.30. The van der Waals surface area contributed by atoms with E-state index in [-0.39, 0.29) is 12.4 Å². The highest BCUT2D eigenvalue weighted by Crippen LogP contribution is 2.24. The van der Waals surface area contributed by atoms with Crippen LogP contribution in [0.5, 0.6) is 0 Å². The standard InChI is InChI=1S/C29H23ClN6.ClH/c30-25-11-8-22-9-13-26(31-27(22)18-25)12-7-20-3-1-4-21(17-20)19-36-16-15-24-6-2-5-23(29(24)36)10-14-28-32-34-35-33-28;/h1-9,11-13,15-18H,10,14,19H2,(H,32,33,34,35);1H/b12-7+;. The molecule has 3 aromatic heterocycles. The third-order valence-electron chi connectivity index (χ3n) is 6.31. The van der Waals surface area contributed by atoms with Crippen LogP contribution in [-0.2, 0) is 19.4 Å². The molecule has 0 fully saturated rings. The van der Waals surface area contributed by atoms with Gasteiger partial charge >= 0.3 is 0 Å². The van der Waals surface area contributed by atoms with Crippen LogP contribution in [0.15, 0.2) is 85.1 Å². The second-order valence-electron chi connectivity index (χ2n) is 8.78. The number of hydrogen-bond acceptors (Lipinski definition) is 4. The Bertz CT molecular complexity index is 1690. The summed E-state index contributed by atoms with van der Waals surface area (Å²) < 4.78 is 2.32. The smallest absolute Gasteiger partial charge is 0.174 e. The van der Waals surface area contributed by atoms with Crippen LogP contribution < -0.4 is 0 Å². The van der Waals surface area contributed by atoms with Crippen LogP contribution >= 0.6 is 24.0 Å². The van der Waals surface area contributed by atoms with Gasteiger partial charge in [0.1, 0.15) is 0 Å². The predicted molar refractivity (Wildman–Crippen MR) is 152 cm³/mol. The normalized spacial score (nSPS) is 11.4. The van der Waals surface area contributed by atoms with Gasteiger partial charge in [0.15, 0.2) is 5.82 Å². The minimum absolute atomic E-state index is 0. The molecule has 0 aliphatic carbocycles. The summed E-state index contributed by atoms with van der Waals surface area (Å²) in [6, 6.07) is 27.1. The molecule has 1 N–H and O–H groups in total. The van der Waals surface area contributed by atoms with Crippen molar-refractivity contribution in [2.24, 2.45) is 0 Å². The zero-order chi connectivity index (χ0) is 24.3. The van der Waals surface area contributed by atoms with E-state index in [1.54, 1.807) is 0 Å². The Hall–Kier alpha value is -4.00. The average molecular weight is 527 g/mol. The highest BCUT2D eigenvalue weighted by molar-refractivity contribution is 6.31. The number of benzene rings is 3. The van der Waals surface area contributed by atoms with E-state index in [2.05, 4.69) is 92.1 Å². The van der Waals surface area contributed by atoms with Crippen LogP contribution in [0.2, 0.25) is 5.02 Å². The Morgan fingerprint density at radius 1 is 0.865 bits per heavy atom. The number of aromatic nitrogens is 6. The van der Waals surface area contributed by atoms with Gasteiger partial charge in [0.05, 0.1) is 16.7 Å². The first-order chi connectivity index (χ1) is 17.7. The molecule has 0 saturated heterocycles. The van der Waals surface area contributed by atoms with Gasteiger partial charge in [-0.2, -0.15) is 5.21 Å². The van der Waals surface area contributed by atoms with Gasteiger partial charge in [-0.25, -0.2) is 4.98 Å². The summed E-state index contributed by atoms with van der Waals surface area (Å²) in [6.07, 6.45) is 7.91. The summed E-state index contributed by atoms with van der Waals surface area (Å²) in [7, 11) is 0. The Morgan fingerprint density at radius 3 is 2.65 bits per heavy atom. The molecule has 0 radical (unpaired) electrons. The Balaban J connectivity index is 0.00000280. The lowest BCUT2D eigenvalue weighted by atomic mass is 10.1. The summed E-state index contributed by atoms with van der Waals surface area (Å²) in [5.41, 5.74) is 6.70. The lowest BCUT2D eigenvalue weighted by Crippen LogP contribution is -2.02. The minimum Gasteiger partial charge on any atom is -0.343 e. The highest BCUT2D eigenvalue weighted by atomic mass is 35.5. The van der Waals surface area contributed by atoms with Gasteiger partial charge in [0.2, 0.25) is 0 Å². The molecule has 0 aliphatic heterocycles. The van der Waals surface area contributed by atoms with Gasteiger partial charge in [0, 0.05) is 29.6 Å². The second kappa shape index (κ2) is 10.9. The molecule has 184 valence electrons. The van der Waals surface area contributed by atoms with Gasteiger partial charge in [-0.15, -0.1) is 22.6 Å². The number of pyridine rings is 1. The number of nitrogens with one attached hydrogen (secondary N) is 1. The van der Waals surface area contributed by atoms with Gasteiger partial charge in [0.25, 0.3) is 0 Å². The number of aromatic amines is 1. The topological polar surface area (TPSA) is 72.3 Å². The molecule has 0 spiro atoms. The quantitative estimate of drug-likeness (QED) is 0.248. The molecule has 0 atom stereocenters. The fourth-order valence-electron chi connectivity index (χ4n) is 4.58. The van der Waals surface area contributed by atoms with E-state index in [4.69, 9.17) is 16.6 Å². The molecule has 8 heteroatoms. The van der Waals surface area contributed by atoms with Crippen LogP contribution in [0, 0.1) is 0 Å². The van der Waals surface area contributed by atoms with Gasteiger partial charge < -0.3 is 4.57 Å². The predicted octanol–water partition coefficient (Wildman–Crippen LogP) is 6.78. The number of halogens is 2. The first kappa shape index (κ1) is 24.7. The lowest BCUT2D eigenvalue weighted by Gasteiger charge is -2.10. The number of tetrazole rings is 1. The lowest BCUT2D eigenvalue weighted by molar-refractivity contribution is 0.818. The van der Waals surface area contributed by atoms with E-state index in [0.29, 0.717) is 5.02 Å². The minimum atomic E-state index is 0. The van der Waals surface area contributed by atoms with Crippen LogP contribution in [0.4, 0.5) is 0 Å². The fraction of sp³-hybridized carbons (Fsp3) is 0.103. The number of nitrogens with zero attached hydrogens (tertiary/aromatic N) is 5. The van der Waals surface area contributed by atoms with Gasteiger partial charge in [-0.05, 0) is 64.9 Å². The van der Waals surface area contributed by atoms with E-state index in [0.717, 1.165) is 47.4 Å². The number of rotatable bonds is 7. The number of hydrogen-bond donors (Lipinski definition) is 1. The largest absolute Gasteiger partial charge is 0.343 e. The van der Waals surface area contributed by atoms with E-state index in [1.807, 2.05) is 30.3 Å². The average Bonchev–Trinajstić information content (AvgIpc) is 3.57. The van der Waals surface area contributed by atoms with Crippen molar-refractivity contribution in [1.29, 1.82) is 0 Å². The van der Waals surface area contributed by atoms with Crippen molar-refractivity contribution in [3.8, 4) is 0 Å². The summed E-state index contributed by atoms with van der Waals surface area (Å²) in [5.74, 6) is 0.730. The molecule has 0 amide bonds. The van der Waals surface area contributed by atoms with E-state index in [1.165, 1.54) is 22.0 Å². The van der Waals surface area contributed by atoms with Crippen molar-refractivity contribution >= 4 is 58.0 Å². The summed E-state index contributed by atoms with van der Waals surface area (Å²) in [4.78, 5) is 4.72. The SMILES string of the molecule is Cl.Clc1ccc2ccc(/C=C/c3cccc(Cn4ccc5cccc(CCc6nn[nH]n6)c54)c3)nc2c1. The number of fused-ring (bicyclic) bond motifs is 2. The molecule has 37 heavy (non-hydrogen) atoms. The Labute approximate surface area is 225 Å². The molecular weight excluding hydrogens is 503 g/mol. The summed E-state index contributed by atoms with van der Waals surface area (Å²) >= 11 is 6.14. The van der Waals surface area contributed by atoms with Crippen molar-refractivity contribution in [3.05, 3.63) is 118 Å². The van der Waals surface area contributed by atoms with Crippen LogP contribution in [0.3, 0.4) is 0 Å². The summed E-state index contributed by atoms with van der Waals surface area (Å²) in [5, 5.41) is 17.4. The molecule has 6 aromatic rings. The summed E-state index contributed by atoms with van der Waals surface area (Å²) in [6.45, 7) is 0.789. The molecule has 0 bridgehead atoms. The zero-order valence-electron chi connectivity index (χ0n) is 19.9. The molecule has 6 rings (SSSR count). The number of H-pyrrole nitrogens is 1. The molecule has 3 heterocycles. The molecule has 0 unspecified atom stereocenters. The molecule has 0 aliphatic rings. The van der Waals surface area contributed by atoms with Crippen molar-refractivity contribution in [3.63, 3.8) is 0 Å². The van der Waals surface area contributed by atoms with Gasteiger partial charge in [-0.3, -0.25) is 0 Å². The first-order valence-corrected chi connectivity index (χ1v) is 12.2. The number of para-hydroxylation sites is 1. The maximum Gasteiger partial charge on any atom is 0.174 e.